The van der Waals surface area contributed by atoms with Crippen LogP contribution in [-0.2, 0) is 6.61 Å². The van der Waals surface area contributed by atoms with Crippen LogP contribution in [0.15, 0.2) is 24.3 Å². The molecule has 0 saturated heterocycles. The molecule has 0 aliphatic rings. The summed E-state index contributed by atoms with van der Waals surface area (Å²) in [5.74, 6) is 0.882. The van der Waals surface area contributed by atoms with Crippen molar-refractivity contribution in [1.82, 2.24) is 0 Å². The minimum atomic E-state index is 0. The van der Waals surface area contributed by atoms with Gasteiger partial charge in [-0.15, -0.1) is 0 Å². The first-order chi connectivity index (χ1) is 8.01. The number of halogens is 1. The summed E-state index contributed by atoms with van der Waals surface area (Å²) in [6.45, 7) is 2.02. The summed E-state index contributed by atoms with van der Waals surface area (Å²) >= 11 is 0. The van der Waals surface area contributed by atoms with Crippen LogP contribution < -0.4 is 21.7 Å². The molecule has 0 heterocycles. The Morgan fingerprint density at radius 1 is 1.06 bits per heavy atom. The van der Waals surface area contributed by atoms with E-state index in [1.54, 1.807) is 0 Å². The lowest BCUT2D eigenvalue weighted by Gasteiger charge is -2.23. The third kappa shape index (κ3) is 7.69. The Kier molecular flexibility index (Phi) is 8.24. The summed E-state index contributed by atoms with van der Waals surface area (Å²) in [6, 6.07) is 7.60. The summed E-state index contributed by atoms with van der Waals surface area (Å²) in [5.41, 5.74) is 0.919. The van der Waals surface area contributed by atoms with Crippen molar-refractivity contribution in [3.05, 3.63) is 29.8 Å². The van der Waals surface area contributed by atoms with Gasteiger partial charge in [-0.2, -0.15) is 0 Å². The van der Waals surface area contributed by atoms with Gasteiger partial charge in [0.15, 0.2) is 0 Å². The molecule has 0 atom stereocenters. The summed E-state index contributed by atoms with van der Waals surface area (Å²) in [4.78, 5) is 0. The van der Waals surface area contributed by atoms with Gasteiger partial charge in [0.25, 0.3) is 0 Å². The Bertz CT molecular complexity index is 320. The van der Waals surface area contributed by atoms with Crippen molar-refractivity contribution in [1.29, 1.82) is 0 Å². The zero-order valence-electron chi connectivity index (χ0n) is 11.5. The molecular weight excluding hydrogens is 294 g/mol. The monoisotopic (exact) mass is 317 g/mol. The van der Waals surface area contributed by atoms with Crippen molar-refractivity contribution in [2.45, 2.75) is 19.4 Å². The molecule has 0 saturated carbocycles. The van der Waals surface area contributed by atoms with Gasteiger partial charge in [0.1, 0.15) is 5.75 Å². The van der Waals surface area contributed by atoms with Crippen LogP contribution in [0.25, 0.3) is 0 Å². The van der Waals surface area contributed by atoms with E-state index in [0.717, 1.165) is 28.8 Å². The van der Waals surface area contributed by atoms with Crippen molar-refractivity contribution in [3.8, 4) is 5.75 Å². The molecule has 0 spiro atoms. The molecule has 0 aliphatic heterocycles. The van der Waals surface area contributed by atoms with Crippen molar-refractivity contribution in [2.75, 3.05) is 34.3 Å². The van der Waals surface area contributed by atoms with Gasteiger partial charge in [0, 0.05) is 0 Å². The predicted molar refractivity (Wildman–Crippen MR) is 70.0 cm³/mol. The quantitative estimate of drug-likeness (QED) is 0.519. The lowest BCUT2D eigenvalue weighted by atomic mass is 10.2. The highest BCUT2D eigenvalue weighted by molar-refractivity contribution is 5.26. The number of benzene rings is 1. The molecule has 1 aromatic rings. The van der Waals surface area contributed by atoms with Crippen LogP contribution in [0, 0.1) is 0 Å². The highest BCUT2D eigenvalue weighted by Crippen LogP contribution is 2.12. The standard InChI is InChI=1S/C14H24NO2.BrH/c1-15(2,3)10-4-5-11-17-14-8-6-13(12-16)7-9-14;/h6-9,16H,4-5,10-12H2,1-3H3;1H/q+1;/p-1. The van der Waals surface area contributed by atoms with Crippen molar-refractivity contribution in [3.63, 3.8) is 0 Å². The second-order valence-electron chi connectivity index (χ2n) is 5.37. The number of quaternary nitrogens is 1. The fourth-order valence-corrected chi connectivity index (χ4v) is 1.57. The normalized spacial score (nSPS) is 10.9. The van der Waals surface area contributed by atoms with Crippen LogP contribution in [0.5, 0.6) is 5.75 Å². The molecule has 4 heteroatoms. The molecule has 0 bridgehead atoms. The zero-order valence-corrected chi connectivity index (χ0v) is 13.1. The minimum absolute atomic E-state index is 0. The van der Waals surface area contributed by atoms with Crippen LogP contribution in [0.4, 0.5) is 0 Å². The molecule has 0 aliphatic carbocycles. The Morgan fingerprint density at radius 2 is 1.67 bits per heavy atom. The fourth-order valence-electron chi connectivity index (χ4n) is 1.57. The SMILES string of the molecule is C[N+](C)(C)CCCCOc1ccc(CO)cc1.[Br-]. The van der Waals surface area contributed by atoms with Crippen LogP contribution >= 0.6 is 0 Å². The predicted octanol–water partition coefficient (Wildman–Crippen LogP) is -0.952. The smallest absolute Gasteiger partial charge is 0.119 e. The van der Waals surface area contributed by atoms with Crippen LogP contribution in [0.1, 0.15) is 18.4 Å². The Morgan fingerprint density at radius 3 is 2.17 bits per heavy atom. The van der Waals surface area contributed by atoms with Gasteiger partial charge in [0.2, 0.25) is 0 Å². The van der Waals surface area contributed by atoms with Crippen molar-refractivity contribution >= 4 is 0 Å². The lowest BCUT2D eigenvalue weighted by Crippen LogP contribution is -3.00. The molecule has 0 amide bonds. The van der Waals surface area contributed by atoms with Crippen LogP contribution in [-0.4, -0.2) is 43.9 Å². The fraction of sp³-hybridized carbons (Fsp3) is 0.571. The van der Waals surface area contributed by atoms with E-state index in [1.165, 1.54) is 13.0 Å². The van der Waals surface area contributed by atoms with Crippen molar-refractivity contribution in [2.24, 2.45) is 0 Å². The second-order valence-corrected chi connectivity index (χ2v) is 5.37. The van der Waals surface area contributed by atoms with Gasteiger partial charge < -0.3 is 31.3 Å². The number of aliphatic hydroxyl groups is 1. The van der Waals surface area contributed by atoms with Gasteiger partial charge in [-0.3, -0.25) is 0 Å². The van der Waals surface area contributed by atoms with Crippen LogP contribution in [0.2, 0.25) is 0 Å². The lowest BCUT2D eigenvalue weighted by molar-refractivity contribution is -0.870. The molecule has 3 nitrogen and oxygen atoms in total. The molecule has 0 aromatic heterocycles. The van der Waals surface area contributed by atoms with E-state index in [4.69, 9.17) is 9.84 Å². The molecular formula is C14H24BrNO2. The molecule has 1 N–H and O–H groups in total. The molecule has 104 valence electrons. The third-order valence-electron chi connectivity index (χ3n) is 2.60. The van der Waals surface area contributed by atoms with E-state index in [0.29, 0.717) is 0 Å². The number of aliphatic hydroxyl groups excluding tert-OH is 1. The van der Waals surface area contributed by atoms with Gasteiger partial charge in [-0.1, -0.05) is 12.1 Å². The van der Waals surface area contributed by atoms with E-state index < -0.39 is 0 Å². The summed E-state index contributed by atoms with van der Waals surface area (Å²) in [6.07, 6.45) is 2.26. The van der Waals surface area contributed by atoms with E-state index >= 15 is 0 Å². The molecule has 0 fully saturated rings. The number of nitrogens with zero attached hydrogens (tertiary/aromatic N) is 1. The number of hydrogen-bond acceptors (Lipinski definition) is 2. The van der Waals surface area contributed by atoms with E-state index in [2.05, 4.69) is 21.1 Å². The van der Waals surface area contributed by atoms with Gasteiger partial charge in [-0.05, 0) is 30.5 Å². The first kappa shape index (κ1) is 17.4. The van der Waals surface area contributed by atoms with E-state index in [1.807, 2.05) is 24.3 Å². The number of rotatable bonds is 7. The molecule has 0 unspecified atom stereocenters. The number of ether oxygens (including phenoxy) is 1. The topological polar surface area (TPSA) is 29.5 Å². The highest BCUT2D eigenvalue weighted by Gasteiger charge is 2.05. The summed E-state index contributed by atoms with van der Waals surface area (Å²) in [7, 11) is 6.61. The van der Waals surface area contributed by atoms with E-state index in [9.17, 15) is 0 Å². The number of unbranched alkanes of at least 4 members (excludes halogenated alkanes) is 1. The Balaban J connectivity index is 0.00000289. The molecule has 1 aromatic carbocycles. The average Bonchev–Trinajstić information content (AvgIpc) is 2.28. The van der Waals surface area contributed by atoms with Gasteiger partial charge in [-0.25, -0.2) is 0 Å². The molecule has 0 radical (unpaired) electrons. The summed E-state index contributed by atoms with van der Waals surface area (Å²) < 4.78 is 6.64. The third-order valence-corrected chi connectivity index (χ3v) is 2.60. The van der Waals surface area contributed by atoms with E-state index in [-0.39, 0.29) is 23.6 Å². The largest absolute Gasteiger partial charge is 1.00 e. The summed E-state index contributed by atoms with van der Waals surface area (Å²) in [5, 5.41) is 8.91. The van der Waals surface area contributed by atoms with Gasteiger partial charge in [0.05, 0.1) is 40.9 Å². The zero-order chi connectivity index (χ0) is 12.7. The first-order valence-electron chi connectivity index (χ1n) is 6.14. The Labute approximate surface area is 121 Å². The second kappa shape index (κ2) is 8.51. The maximum Gasteiger partial charge on any atom is 0.119 e. The first-order valence-corrected chi connectivity index (χ1v) is 6.14. The average molecular weight is 318 g/mol. The Hall–Kier alpha value is -0.580. The minimum Gasteiger partial charge on any atom is -1.00 e. The highest BCUT2D eigenvalue weighted by atomic mass is 79.9. The van der Waals surface area contributed by atoms with Gasteiger partial charge >= 0.3 is 0 Å². The van der Waals surface area contributed by atoms with Crippen LogP contribution in [0.3, 0.4) is 0 Å². The maximum absolute atomic E-state index is 8.91. The molecule has 1 rings (SSSR count). The molecule has 18 heavy (non-hydrogen) atoms. The maximum atomic E-state index is 8.91. The van der Waals surface area contributed by atoms with Crippen molar-refractivity contribution < 1.29 is 31.3 Å². The number of hydrogen-bond donors (Lipinski definition) is 1.